The maximum absolute atomic E-state index is 12.3. The van der Waals surface area contributed by atoms with Crippen LogP contribution in [0.1, 0.15) is 54.6 Å². The number of benzene rings is 1. The number of hydrogen-bond acceptors (Lipinski definition) is 2. The fraction of sp³-hybridized carbons (Fsp3) is 0.556. The van der Waals surface area contributed by atoms with E-state index in [2.05, 4.69) is 30.0 Å². The van der Waals surface area contributed by atoms with E-state index in [1.54, 1.807) is 0 Å². The number of aryl methyl sites for hydroxylation is 2. The van der Waals surface area contributed by atoms with Crippen molar-refractivity contribution in [1.29, 1.82) is 0 Å². The lowest BCUT2D eigenvalue weighted by molar-refractivity contribution is 0.0942. The lowest BCUT2D eigenvalue weighted by atomic mass is 9.78. The summed E-state index contributed by atoms with van der Waals surface area (Å²) in [4.78, 5) is 12.3. The van der Waals surface area contributed by atoms with Crippen molar-refractivity contribution in [2.45, 2.75) is 53.0 Å². The van der Waals surface area contributed by atoms with E-state index in [1.807, 2.05) is 32.0 Å². The minimum atomic E-state index is -0.166. The van der Waals surface area contributed by atoms with Gasteiger partial charge in [-0.1, -0.05) is 44.4 Å². The first kappa shape index (κ1) is 17.7. The lowest BCUT2D eigenvalue weighted by Gasteiger charge is -2.35. The molecule has 0 saturated heterocycles. The molecule has 0 spiro atoms. The second kappa shape index (κ2) is 7.77. The van der Waals surface area contributed by atoms with Gasteiger partial charge in [-0.05, 0) is 56.0 Å². The lowest BCUT2D eigenvalue weighted by Crippen LogP contribution is -2.52. The molecular weight excluding hydrogens is 306 g/mol. The summed E-state index contributed by atoms with van der Waals surface area (Å²) in [6, 6.07) is 6.20. The molecule has 0 aromatic heterocycles. The predicted molar refractivity (Wildman–Crippen MR) is 98.2 cm³/mol. The molecule has 3 N–H and O–H groups in total. The topological polar surface area (TPSA) is 53.2 Å². The zero-order valence-corrected chi connectivity index (χ0v) is 15.2. The molecule has 1 aromatic rings. The Bertz CT molecular complexity index is 588. The first-order valence-corrected chi connectivity index (χ1v) is 8.73. The average molecular weight is 334 g/mol. The minimum absolute atomic E-state index is 0.166. The van der Waals surface area contributed by atoms with Gasteiger partial charge >= 0.3 is 0 Å². The minimum Gasteiger partial charge on any atom is -0.358 e. The van der Waals surface area contributed by atoms with Crippen LogP contribution in [-0.2, 0) is 0 Å². The van der Waals surface area contributed by atoms with Gasteiger partial charge in [0, 0.05) is 11.6 Å². The Hall–Kier alpha value is -1.62. The van der Waals surface area contributed by atoms with Crippen LogP contribution >= 0.6 is 12.2 Å². The summed E-state index contributed by atoms with van der Waals surface area (Å²) in [7, 11) is 0. The zero-order chi connectivity index (χ0) is 17.0. The van der Waals surface area contributed by atoms with E-state index in [0.717, 1.165) is 17.5 Å². The van der Waals surface area contributed by atoms with E-state index in [4.69, 9.17) is 12.2 Å². The molecule has 0 unspecified atom stereocenters. The van der Waals surface area contributed by atoms with Gasteiger partial charge in [0.15, 0.2) is 5.11 Å². The molecular formula is C18H27N3OS. The van der Waals surface area contributed by atoms with Gasteiger partial charge in [-0.3, -0.25) is 15.6 Å². The number of carbonyl (C=O) groups is 1. The number of thiocarbonyl (C=S) groups is 1. The van der Waals surface area contributed by atoms with Crippen molar-refractivity contribution >= 4 is 23.2 Å². The smallest absolute Gasteiger partial charge is 0.269 e. The van der Waals surface area contributed by atoms with E-state index in [9.17, 15) is 4.79 Å². The van der Waals surface area contributed by atoms with Gasteiger partial charge in [-0.15, -0.1) is 0 Å². The summed E-state index contributed by atoms with van der Waals surface area (Å²) in [6.45, 7) is 8.45. The molecule has 0 radical (unpaired) electrons. The summed E-state index contributed by atoms with van der Waals surface area (Å²) >= 11 is 5.32. The van der Waals surface area contributed by atoms with Gasteiger partial charge in [0.05, 0.1) is 0 Å². The summed E-state index contributed by atoms with van der Waals surface area (Å²) in [5.74, 6) is 1.12. The Kier molecular flexibility index (Phi) is 5.99. The quantitative estimate of drug-likeness (QED) is 0.574. The Morgan fingerprint density at radius 2 is 1.91 bits per heavy atom. The van der Waals surface area contributed by atoms with Gasteiger partial charge in [0.25, 0.3) is 5.91 Å². The van der Waals surface area contributed by atoms with Gasteiger partial charge in [-0.2, -0.15) is 0 Å². The highest BCUT2D eigenvalue weighted by Crippen LogP contribution is 2.29. The number of amides is 1. The van der Waals surface area contributed by atoms with Crippen molar-refractivity contribution in [2.75, 3.05) is 0 Å². The number of rotatable bonds is 2. The van der Waals surface area contributed by atoms with Crippen molar-refractivity contribution in [3.05, 3.63) is 34.9 Å². The molecule has 0 bridgehead atoms. The molecule has 126 valence electrons. The fourth-order valence-electron chi connectivity index (χ4n) is 3.15. The third-order valence-electron chi connectivity index (χ3n) is 4.95. The predicted octanol–water partition coefficient (Wildman–Crippen LogP) is 3.24. The largest absolute Gasteiger partial charge is 0.358 e. The molecule has 4 nitrogen and oxygen atoms in total. The van der Waals surface area contributed by atoms with Crippen LogP contribution in [0.15, 0.2) is 18.2 Å². The van der Waals surface area contributed by atoms with Crippen molar-refractivity contribution in [1.82, 2.24) is 16.2 Å². The molecule has 23 heavy (non-hydrogen) atoms. The summed E-state index contributed by atoms with van der Waals surface area (Å²) in [5, 5.41) is 3.82. The highest BCUT2D eigenvalue weighted by molar-refractivity contribution is 7.80. The molecule has 5 heteroatoms. The van der Waals surface area contributed by atoms with Gasteiger partial charge in [0.2, 0.25) is 0 Å². The maximum atomic E-state index is 12.3. The van der Waals surface area contributed by atoms with Crippen LogP contribution in [-0.4, -0.2) is 17.1 Å². The molecule has 1 aromatic carbocycles. The van der Waals surface area contributed by atoms with Gasteiger partial charge in [0.1, 0.15) is 0 Å². The van der Waals surface area contributed by atoms with E-state index in [0.29, 0.717) is 28.6 Å². The van der Waals surface area contributed by atoms with E-state index < -0.39 is 0 Å². The van der Waals surface area contributed by atoms with Gasteiger partial charge < -0.3 is 5.32 Å². The third-order valence-corrected chi connectivity index (χ3v) is 5.17. The fourth-order valence-corrected chi connectivity index (χ4v) is 3.35. The van der Waals surface area contributed by atoms with Crippen LogP contribution < -0.4 is 16.2 Å². The van der Waals surface area contributed by atoms with E-state index >= 15 is 0 Å². The summed E-state index contributed by atoms with van der Waals surface area (Å²) < 4.78 is 0. The number of hydrogen-bond donors (Lipinski definition) is 3. The molecule has 0 aliphatic heterocycles. The molecule has 1 aliphatic rings. The Morgan fingerprint density at radius 3 is 2.65 bits per heavy atom. The molecule has 3 atom stereocenters. The molecule has 1 saturated carbocycles. The van der Waals surface area contributed by atoms with Crippen LogP contribution in [0.3, 0.4) is 0 Å². The monoisotopic (exact) mass is 333 g/mol. The SMILES string of the molecule is Cc1ccc(C)c(C(=O)NNC(=S)N[C@@H]2CCC[C@H](C)[C@@H]2C)c1. The highest BCUT2D eigenvalue weighted by Gasteiger charge is 2.27. The second-order valence-electron chi connectivity index (χ2n) is 6.74. The number of nitrogens with one attached hydrogen (secondary N) is 3. The Labute approximate surface area is 144 Å². The zero-order valence-electron chi connectivity index (χ0n) is 14.4. The Balaban J connectivity index is 1.86. The second-order valence-corrected chi connectivity index (χ2v) is 7.15. The molecule has 1 fully saturated rings. The summed E-state index contributed by atoms with van der Waals surface area (Å²) in [5.41, 5.74) is 8.20. The van der Waals surface area contributed by atoms with Crippen molar-refractivity contribution < 1.29 is 4.79 Å². The van der Waals surface area contributed by atoms with Crippen LogP contribution in [0.4, 0.5) is 0 Å². The normalized spacial score (nSPS) is 23.9. The third kappa shape index (κ3) is 4.67. The van der Waals surface area contributed by atoms with Crippen LogP contribution in [0.25, 0.3) is 0 Å². The number of carbonyl (C=O) groups excluding carboxylic acids is 1. The summed E-state index contributed by atoms with van der Waals surface area (Å²) in [6.07, 6.45) is 3.63. The molecule has 1 aliphatic carbocycles. The molecule has 0 heterocycles. The van der Waals surface area contributed by atoms with Crippen molar-refractivity contribution in [2.24, 2.45) is 11.8 Å². The van der Waals surface area contributed by atoms with E-state index in [1.165, 1.54) is 12.8 Å². The van der Waals surface area contributed by atoms with Gasteiger partial charge in [-0.25, -0.2) is 0 Å². The van der Waals surface area contributed by atoms with Crippen LogP contribution in [0.2, 0.25) is 0 Å². The molecule has 1 amide bonds. The van der Waals surface area contributed by atoms with Crippen LogP contribution in [0, 0.1) is 25.7 Å². The first-order chi connectivity index (χ1) is 10.9. The first-order valence-electron chi connectivity index (χ1n) is 8.32. The highest BCUT2D eigenvalue weighted by atomic mass is 32.1. The van der Waals surface area contributed by atoms with Crippen LogP contribution in [0.5, 0.6) is 0 Å². The average Bonchev–Trinajstić information content (AvgIpc) is 2.52. The standard InChI is InChI=1S/C18H27N3OS/c1-11-8-9-13(3)15(10-11)17(22)20-21-18(23)19-16-7-5-6-12(2)14(16)4/h8-10,12,14,16H,5-7H2,1-4H3,(H,20,22)(H2,19,21,23)/t12-,14-,16+/m0/s1. The van der Waals surface area contributed by atoms with Crippen molar-refractivity contribution in [3.8, 4) is 0 Å². The molecule has 2 rings (SSSR count). The maximum Gasteiger partial charge on any atom is 0.269 e. The Morgan fingerprint density at radius 1 is 1.17 bits per heavy atom. The van der Waals surface area contributed by atoms with E-state index in [-0.39, 0.29) is 5.91 Å². The number of hydrazine groups is 1. The van der Waals surface area contributed by atoms with Crippen molar-refractivity contribution in [3.63, 3.8) is 0 Å².